The number of aromatic nitrogens is 2. The first kappa shape index (κ1) is 23.7. The maximum atomic E-state index is 12.9. The van der Waals surface area contributed by atoms with Gasteiger partial charge in [-0.05, 0) is 48.6 Å². The Morgan fingerprint density at radius 2 is 1.72 bits per heavy atom. The van der Waals surface area contributed by atoms with Crippen molar-refractivity contribution in [3.8, 4) is 11.5 Å². The van der Waals surface area contributed by atoms with Gasteiger partial charge >= 0.3 is 0 Å². The van der Waals surface area contributed by atoms with Crippen LogP contribution in [0, 0.1) is 5.92 Å². The van der Waals surface area contributed by atoms with Crippen LogP contribution >= 0.6 is 11.3 Å². The fourth-order valence-corrected chi connectivity index (χ4v) is 4.88. The predicted octanol–water partition coefficient (Wildman–Crippen LogP) is 3.08. The average molecular weight is 508 g/mol. The van der Waals surface area contributed by atoms with E-state index in [4.69, 9.17) is 9.47 Å². The molecule has 0 spiro atoms. The van der Waals surface area contributed by atoms with Crippen molar-refractivity contribution in [2.24, 2.45) is 5.92 Å². The zero-order chi connectivity index (χ0) is 24.9. The van der Waals surface area contributed by atoms with Crippen LogP contribution in [0.25, 0.3) is 0 Å². The number of hydrogen-bond acceptors (Lipinski definition) is 8. The molecule has 3 amide bonds. The number of fused-ring (bicyclic) bond motifs is 1. The quantitative estimate of drug-likeness (QED) is 0.504. The Bertz CT molecular complexity index is 1260. The molecular formula is C25H25N5O5S. The number of benzene rings is 2. The van der Waals surface area contributed by atoms with E-state index in [2.05, 4.69) is 20.8 Å². The van der Waals surface area contributed by atoms with Crippen molar-refractivity contribution in [1.29, 1.82) is 0 Å². The normalized spacial score (nSPS) is 14.9. The molecule has 0 unspecified atom stereocenters. The molecule has 2 aliphatic rings. The summed E-state index contributed by atoms with van der Waals surface area (Å²) in [6, 6.07) is 14.6. The smallest absolute Gasteiger partial charge is 0.286 e. The highest BCUT2D eigenvalue weighted by Gasteiger charge is 2.28. The van der Waals surface area contributed by atoms with Gasteiger partial charge in [-0.15, -0.1) is 10.2 Å². The zero-order valence-corrected chi connectivity index (χ0v) is 20.3. The van der Waals surface area contributed by atoms with E-state index < -0.39 is 5.91 Å². The summed E-state index contributed by atoms with van der Waals surface area (Å²) in [6.45, 7) is 1.70. The van der Waals surface area contributed by atoms with E-state index in [0.29, 0.717) is 43.2 Å². The van der Waals surface area contributed by atoms with Crippen LogP contribution in [0.3, 0.4) is 0 Å². The second-order valence-electron chi connectivity index (χ2n) is 8.64. The minimum Gasteiger partial charge on any atom is -0.454 e. The van der Waals surface area contributed by atoms with Crippen molar-refractivity contribution >= 4 is 34.7 Å². The molecule has 1 saturated heterocycles. The Morgan fingerprint density at radius 3 is 2.53 bits per heavy atom. The van der Waals surface area contributed by atoms with Crippen LogP contribution in [0.4, 0.5) is 5.69 Å². The predicted molar refractivity (Wildman–Crippen MR) is 132 cm³/mol. The third kappa shape index (κ3) is 5.62. The number of amides is 3. The van der Waals surface area contributed by atoms with E-state index in [1.54, 1.807) is 17.0 Å². The summed E-state index contributed by atoms with van der Waals surface area (Å²) in [5, 5.41) is 13.8. The Kier molecular flexibility index (Phi) is 7.08. The van der Waals surface area contributed by atoms with Gasteiger partial charge in [-0.2, -0.15) is 0 Å². The molecule has 0 radical (unpaired) electrons. The molecule has 3 heterocycles. The Morgan fingerprint density at radius 1 is 0.972 bits per heavy atom. The van der Waals surface area contributed by atoms with E-state index in [0.717, 1.165) is 29.7 Å². The van der Waals surface area contributed by atoms with Gasteiger partial charge in [-0.1, -0.05) is 35.6 Å². The maximum absolute atomic E-state index is 12.9. The van der Waals surface area contributed by atoms with Crippen molar-refractivity contribution in [3.63, 3.8) is 0 Å². The summed E-state index contributed by atoms with van der Waals surface area (Å²) in [5.74, 6) is 0.952. The number of hydrogen-bond donors (Lipinski definition) is 2. The van der Waals surface area contributed by atoms with Crippen LogP contribution in [0.15, 0.2) is 48.5 Å². The molecule has 0 aliphatic carbocycles. The number of nitrogens with zero attached hydrogens (tertiary/aromatic N) is 3. The molecule has 2 aromatic carbocycles. The molecule has 2 N–H and O–H groups in total. The fraction of sp³-hybridized carbons (Fsp3) is 0.320. The maximum Gasteiger partial charge on any atom is 0.286 e. The van der Waals surface area contributed by atoms with Gasteiger partial charge in [0, 0.05) is 31.7 Å². The SMILES string of the molecule is O=C(CC1CCN(C(=O)c2nnc(C(=O)Nc3ccccc3)s2)CC1)NCc1ccc2c(c1)OCO2. The van der Waals surface area contributed by atoms with Crippen LogP contribution in [-0.4, -0.2) is 52.7 Å². The monoisotopic (exact) mass is 507 g/mol. The van der Waals surface area contributed by atoms with E-state index in [9.17, 15) is 14.4 Å². The average Bonchev–Trinajstić information content (AvgIpc) is 3.58. The van der Waals surface area contributed by atoms with Gasteiger partial charge < -0.3 is 25.0 Å². The number of carbonyl (C=O) groups excluding carboxylic acids is 3. The van der Waals surface area contributed by atoms with Gasteiger partial charge in [-0.25, -0.2) is 0 Å². The molecule has 5 rings (SSSR count). The summed E-state index contributed by atoms with van der Waals surface area (Å²) < 4.78 is 10.7. The lowest BCUT2D eigenvalue weighted by molar-refractivity contribution is -0.122. The minimum absolute atomic E-state index is 0.0179. The summed E-state index contributed by atoms with van der Waals surface area (Å²) in [5.41, 5.74) is 1.59. The highest BCUT2D eigenvalue weighted by molar-refractivity contribution is 7.15. The lowest BCUT2D eigenvalue weighted by Gasteiger charge is -2.31. The number of ether oxygens (including phenoxy) is 2. The largest absolute Gasteiger partial charge is 0.454 e. The second kappa shape index (κ2) is 10.7. The summed E-state index contributed by atoms with van der Waals surface area (Å²) >= 11 is 0.979. The van der Waals surface area contributed by atoms with Crippen LogP contribution in [0.5, 0.6) is 11.5 Å². The molecule has 1 aromatic heterocycles. The number of carbonyl (C=O) groups is 3. The lowest BCUT2D eigenvalue weighted by Crippen LogP contribution is -2.39. The topological polar surface area (TPSA) is 123 Å². The lowest BCUT2D eigenvalue weighted by atomic mass is 9.93. The molecule has 0 bridgehead atoms. The first-order chi connectivity index (χ1) is 17.5. The molecule has 36 heavy (non-hydrogen) atoms. The van der Waals surface area contributed by atoms with E-state index in [1.165, 1.54) is 0 Å². The number of likely N-dealkylation sites (tertiary alicyclic amines) is 1. The molecule has 0 atom stereocenters. The van der Waals surface area contributed by atoms with E-state index >= 15 is 0 Å². The summed E-state index contributed by atoms with van der Waals surface area (Å²) in [7, 11) is 0. The highest BCUT2D eigenvalue weighted by Crippen LogP contribution is 2.32. The van der Waals surface area contributed by atoms with Crippen molar-refractivity contribution in [2.45, 2.75) is 25.8 Å². The highest BCUT2D eigenvalue weighted by atomic mass is 32.1. The molecular weight excluding hydrogens is 482 g/mol. The summed E-state index contributed by atoms with van der Waals surface area (Å²) in [6.07, 6.45) is 1.86. The van der Waals surface area contributed by atoms with Crippen molar-refractivity contribution < 1.29 is 23.9 Å². The van der Waals surface area contributed by atoms with Crippen molar-refractivity contribution in [2.75, 3.05) is 25.2 Å². The van der Waals surface area contributed by atoms with Crippen LogP contribution < -0.4 is 20.1 Å². The first-order valence-corrected chi connectivity index (χ1v) is 12.5. The van der Waals surface area contributed by atoms with Crippen LogP contribution in [0.1, 0.15) is 44.4 Å². The number of anilines is 1. The molecule has 2 aliphatic heterocycles. The van der Waals surface area contributed by atoms with Gasteiger partial charge in [0.15, 0.2) is 11.5 Å². The molecule has 0 saturated carbocycles. The number of nitrogens with one attached hydrogen (secondary N) is 2. The van der Waals surface area contributed by atoms with Crippen LogP contribution in [0.2, 0.25) is 0 Å². The standard InChI is InChI=1S/C25H25N5O5S/c31-21(26-14-17-6-7-19-20(12-17)35-15-34-19)13-16-8-10-30(11-9-16)25(33)24-29-28-23(36-24)22(32)27-18-4-2-1-3-5-18/h1-7,12,16H,8-11,13-15H2,(H,26,31)(H,27,32). The van der Waals surface area contributed by atoms with E-state index in [1.807, 2.05) is 36.4 Å². The number of rotatable bonds is 7. The zero-order valence-electron chi connectivity index (χ0n) is 19.4. The molecule has 186 valence electrons. The first-order valence-electron chi connectivity index (χ1n) is 11.7. The van der Waals surface area contributed by atoms with Crippen molar-refractivity contribution in [1.82, 2.24) is 20.4 Å². The van der Waals surface area contributed by atoms with Crippen molar-refractivity contribution in [3.05, 3.63) is 64.1 Å². The second-order valence-corrected chi connectivity index (χ2v) is 9.61. The molecule has 11 heteroatoms. The van der Waals surface area contributed by atoms with Gasteiger partial charge in [0.1, 0.15) is 0 Å². The Hall–Kier alpha value is -3.99. The van der Waals surface area contributed by atoms with Gasteiger partial charge in [0.2, 0.25) is 22.7 Å². The van der Waals surface area contributed by atoms with E-state index in [-0.39, 0.29) is 34.5 Å². The minimum atomic E-state index is -0.400. The number of piperidine rings is 1. The van der Waals surface area contributed by atoms with Gasteiger partial charge in [0.05, 0.1) is 0 Å². The Labute approximate surface area is 211 Å². The van der Waals surface area contributed by atoms with Crippen LogP contribution in [-0.2, 0) is 11.3 Å². The third-order valence-corrected chi connectivity index (χ3v) is 7.05. The molecule has 3 aromatic rings. The molecule has 1 fully saturated rings. The number of para-hydroxylation sites is 1. The van der Waals surface area contributed by atoms with Gasteiger partial charge in [0.25, 0.3) is 11.8 Å². The molecule has 10 nitrogen and oxygen atoms in total. The van der Waals surface area contributed by atoms with Gasteiger partial charge in [-0.3, -0.25) is 14.4 Å². The Balaban J connectivity index is 1.06. The fourth-order valence-electron chi connectivity index (χ4n) is 4.17. The third-order valence-electron chi connectivity index (χ3n) is 6.14. The summed E-state index contributed by atoms with van der Waals surface area (Å²) in [4.78, 5) is 39.4.